The SMILES string of the molecule is NS(=O)(=O)c1cccc(NC(=O)N[C@H]2CCN(c3ccc(C(F)(F)F)cn3)C2)c1. The van der Waals surface area contributed by atoms with Crippen LogP contribution in [-0.2, 0) is 16.2 Å². The van der Waals surface area contributed by atoms with Gasteiger partial charge in [0, 0.05) is 31.0 Å². The van der Waals surface area contributed by atoms with Crippen LogP contribution in [0.15, 0.2) is 47.5 Å². The number of hydrogen-bond donors (Lipinski definition) is 3. The third-order valence-electron chi connectivity index (χ3n) is 4.34. The van der Waals surface area contributed by atoms with E-state index in [1.54, 1.807) is 4.90 Å². The maximum absolute atomic E-state index is 12.6. The van der Waals surface area contributed by atoms with Crippen molar-refractivity contribution in [2.24, 2.45) is 5.14 Å². The molecule has 0 saturated carbocycles. The van der Waals surface area contributed by atoms with Crippen LogP contribution in [0.1, 0.15) is 12.0 Å². The van der Waals surface area contributed by atoms with E-state index in [1.807, 2.05) is 0 Å². The summed E-state index contributed by atoms with van der Waals surface area (Å²) in [7, 11) is -3.89. The minimum atomic E-state index is -4.45. The van der Waals surface area contributed by atoms with E-state index in [-0.39, 0.29) is 16.6 Å². The van der Waals surface area contributed by atoms with Gasteiger partial charge in [-0.05, 0) is 36.8 Å². The number of nitrogens with zero attached hydrogens (tertiary/aromatic N) is 2. The zero-order valence-electron chi connectivity index (χ0n) is 15.0. The molecule has 2 amide bonds. The molecule has 2 heterocycles. The van der Waals surface area contributed by atoms with Gasteiger partial charge in [-0.25, -0.2) is 23.3 Å². The molecule has 1 atom stereocenters. The molecule has 29 heavy (non-hydrogen) atoms. The van der Waals surface area contributed by atoms with Gasteiger partial charge in [0.2, 0.25) is 10.0 Å². The van der Waals surface area contributed by atoms with Crippen LogP contribution in [0.4, 0.5) is 29.5 Å². The molecule has 0 bridgehead atoms. The van der Waals surface area contributed by atoms with Crippen molar-refractivity contribution in [3.8, 4) is 0 Å². The number of pyridine rings is 1. The smallest absolute Gasteiger partial charge is 0.354 e. The topological polar surface area (TPSA) is 117 Å². The van der Waals surface area contributed by atoms with E-state index in [2.05, 4.69) is 15.6 Å². The first-order valence-corrected chi connectivity index (χ1v) is 10.1. The Hall–Kier alpha value is -2.86. The highest BCUT2D eigenvalue weighted by Crippen LogP contribution is 2.29. The number of primary sulfonamides is 1. The average molecular weight is 429 g/mol. The molecule has 12 heteroatoms. The Kier molecular flexibility index (Phi) is 5.66. The molecule has 1 aliphatic heterocycles. The number of nitrogens with two attached hydrogens (primary N) is 1. The summed E-state index contributed by atoms with van der Waals surface area (Å²) < 4.78 is 60.6. The summed E-state index contributed by atoms with van der Waals surface area (Å²) in [6, 6.07) is 6.99. The minimum absolute atomic E-state index is 0.129. The quantitative estimate of drug-likeness (QED) is 0.689. The number of nitrogens with one attached hydrogen (secondary N) is 2. The minimum Gasteiger partial charge on any atom is -0.354 e. The second kappa shape index (κ2) is 7.87. The lowest BCUT2D eigenvalue weighted by atomic mass is 10.2. The molecule has 4 N–H and O–H groups in total. The highest BCUT2D eigenvalue weighted by molar-refractivity contribution is 7.89. The molecule has 0 aliphatic carbocycles. The molecule has 1 aromatic heterocycles. The van der Waals surface area contributed by atoms with Gasteiger partial charge < -0.3 is 15.5 Å². The average Bonchev–Trinajstić information content (AvgIpc) is 3.09. The standard InChI is InChI=1S/C17H18F3N5O3S/c18-17(19,20)11-4-5-15(22-9-11)25-7-6-13(10-25)24-16(26)23-12-2-1-3-14(8-12)29(21,27)28/h1-5,8-9,13H,6-7,10H2,(H2,21,27,28)(H2,23,24,26)/t13-/m0/s1. The molecule has 0 unspecified atom stereocenters. The lowest BCUT2D eigenvalue weighted by Gasteiger charge is -2.18. The van der Waals surface area contributed by atoms with Crippen molar-refractivity contribution >= 4 is 27.6 Å². The monoisotopic (exact) mass is 429 g/mol. The predicted molar refractivity (Wildman–Crippen MR) is 99.8 cm³/mol. The maximum atomic E-state index is 12.6. The first kappa shape index (κ1) is 20.9. The molecule has 1 saturated heterocycles. The van der Waals surface area contributed by atoms with Gasteiger partial charge in [-0.2, -0.15) is 13.2 Å². The van der Waals surface area contributed by atoms with E-state index >= 15 is 0 Å². The summed E-state index contributed by atoms with van der Waals surface area (Å²) in [5.41, 5.74) is -0.565. The number of benzene rings is 1. The highest BCUT2D eigenvalue weighted by atomic mass is 32.2. The highest BCUT2D eigenvalue weighted by Gasteiger charge is 2.31. The summed E-state index contributed by atoms with van der Waals surface area (Å²) in [4.78, 5) is 17.7. The van der Waals surface area contributed by atoms with E-state index < -0.39 is 27.8 Å². The third-order valence-corrected chi connectivity index (χ3v) is 5.25. The Morgan fingerprint density at radius 1 is 1.24 bits per heavy atom. The van der Waals surface area contributed by atoms with Crippen LogP contribution in [0.5, 0.6) is 0 Å². The molecule has 2 aromatic rings. The zero-order chi connectivity index (χ0) is 21.2. The zero-order valence-corrected chi connectivity index (χ0v) is 15.8. The second-order valence-corrected chi connectivity index (χ2v) is 8.07. The number of carbonyl (C=O) groups excluding carboxylic acids is 1. The molecular formula is C17H18F3N5O3S. The summed E-state index contributed by atoms with van der Waals surface area (Å²) in [5.74, 6) is 0.392. The van der Waals surface area contributed by atoms with Crippen LogP contribution in [-0.4, -0.2) is 38.6 Å². The number of halogens is 3. The number of carbonyl (C=O) groups is 1. The van der Waals surface area contributed by atoms with Crippen LogP contribution < -0.4 is 20.7 Å². The van der Waals surface area contributed by atoms with Crippen LogP contribution >= 0.6 is 0 Å². The summed E-state index contributed by atoms with van der Waals surface area (Å²) in [6.07, 6.45) is -3.09. The van der Waals surface area contributed by atoms with Crippen LogP contribution in [0.25, 0.3) is 0 Å². The number of aromatic nitrogens is 1. The van der Waals surface area contributed by atoms with Gasteiger partial charge in [0.1, 0.15) is 5.82 Å². The number of anilines is 2. The van der Waals surface area contributed by atoms with Crippen LogP contribution in [0.2, 0.25) is 0 Å². The largest absolute Gasteiger partial charge is 0.417 e. The van der Waals surface area contributed by atoms with Crippen molar-refractivity contribution in [2.75, 3.05) is 23.3 Å². The molecular weight excluding hydrogens is 411 g/mol. The molecule has 3 rings (SSSR count). The van der Waals surface area contributed by atoms with Crippen molar-refractivity contribution in [2.45, 2.75) is 23.5 Å². The van der Waals surface area contributed by atoms with Gasteiger partial charge in [-0.3, -0.25) is 0 Å². The van der Waals surface area contributed by atoms with E-state index in [0.717, 1.165) is 12.3 Å². The molecule has 0 spiro atoms. The maximum Gasteiger partial charge on any atom is 0.417 e. The summed E-state index contributed by atoms with van der Waals surface area (Å²) in [6.45, 7) is 0.896. The Morgan fingerprint density at radius 3 is 2.62 bits per heavy atom. The van der Waals surface area contributed by atoms with Crippen molar-refractivity contribution in [3.63, 3.8) is 0 Å². The first-order valence-electron chi connectivity index (χ1n) is 8.51. The van der Waals surface area contributed by atoms with Gasteiger partial charge in [-0.15, -0.1) is 0 Å². The Bertz CT molecular complexity index is 996. The number of alkyl halides is 3. The van der Waals surface area contributed by atoms with Gasteiger partial charge in [0.25, 0.3) is 0 Å². The molecule has 156 valence electrons. The van der Waals surface area contributed by atoms with E-state index in [9.17, 15) is 26.4 Å². The number of rotatable bonds is 4. The van der Waals surface area contributed by atoms with Crippen LogP contribution in [0, 0.1) is 0 Å². The summed E-state index contributed by atoms with van der Waals surface area (Å²) >= 11 is 0. The second-order valence-electron chi connectivity index (χ2n) is 6.51. The van der Waals surface area contributed by atoms with E-state index in [1.165, 1.54) is 30.3 Å². The summed E-state index contributed by atoms with van der Waals surface area (Å²) in [5, 5.41) is 10.3. The number of sulfonamides is 1. The third kappa shape index (κ3) is 5.35. The van der Waals surface area contributed by atoms with E-state index in [4.69, 9.17) is 5.14 Å². The fourth-order valence-corrected chi connectivity index (χ4v) is 3.49. The van der Waals surface area contributed by atoms with Crippen LogP contribution in [0.3, 0.4) is 0 Å². The van der Waals surface area contributed by atoms with Crippen molar-refractivity contribution in [1.82, 2.24) is 10.3 Å². The molecule has 1 fully saturated rings. The van der Waals surface area contributed by atoms with Crippen molar-refractivity contribution in [3.05, 3.63) is 48.2 Å². The predicted octanol–water partition coefficient (Wildman–Crippen LogP) is 2.15. The number of amides is 2. The molecule has 8 nitrogen and oxygen atoms in total. The number of urea groups is 1. The normalized spacial score (nSPS) is 17.2. The lowest BCUT2D eigenvalue weighted by Crippen LogP contribution is -2.39. The van der Waals surface area contributed by atoms with Crippen molar-refractivity contribution < 1.29 is 26.4 Å². The molecule has 0 radical (unpaired) electrons. The van der Waals surface area contributed by atoms with Gasteiger partial charge in [0.15, 0.2) is 0 Å². The Balaban J connectivity index is 1.57. The number of hydrogen-bond acceptors (Lipinski definition) is 5. The molecule has 1 aliphatic rings. The first-order chi connectivity index (χ1) is 13.5. The van der Waals surface area contributed by atoms with Crippen molar-refractivity contribution in [1.29, 1.82) is 0 Å². The fraction of sp³-hybridized carbons (Fsp3) is 0.294. The Morgan fingerprint density at radius 2 is 2.00 bits per heavy atom. The van der Waals surface area contributed by atoms with Gasteiger partial charge >= 0.3 is 12.2 Å². The molecule has 1 aromatic carbocycles. The Labute approximate surface area is 165 Å². The van der Waals surface area contributed by atoms with E-state index in [0.29, 0.717) is 25.3 Å². The fourth-order valence-electron chi connectivity index (χ4n) is 2.93. The van der Waals surface area contributed by atoms with Gasteiger partial charge in [-0.1, -0.05) is 6.07 Å². The lowest BCUT2D eigenvalue weighted by molar-refractivity contribution is -0.137. The van der Waals surface area contributed by atoms with Gasteiger partial charge in [0.05, 0.1) is 10.5 Å².